The van der Waals surface area contributed by atoms with E-state index in [0.717, 1.165) is 45.7 Å². The molecule has 1 fully saturated rings. The smallest absolute Gasteiger partial charge is 0.168 e. The van der Waals surface area contributed by atoms with Gasteiger partial charge in [0.25, 0.3) is 0 Å². The Morgan fingerprint density at radius 3 is 2.29 bits per heavy atom. The maximum atomic E-state index is 14.5. The van der Waals surface area contributed by atoms with Crippen LogP contribution in [0.2, 0.25) is 0 Å². The maximum absolute atomic E-state index is 14.5. The molecule has 1 aliphatic heterocycles. The summed E-state index contributed by atoms with van der Waals surface area (Å²) < 4.78 is 0. The molecule has 0 unspecified atom stereocenters. The second-order valence-electron chi connectivity index (χ2n) is 9.82. The van der Waals surface area contributed by atoms with Crippen LogP contribution in [0, 0.1) is 17.8 Å². The van der Waals surface area contributed by atoms with E-state index >= 15 is 0 Å². The third-order valence-electron chi connectivity index (χ3n) is 8.10. The zero-order valence-corrected chi connectivity index (χ0v) is 19.5. The van der Waals surface area contributed by atoms with Crippen molar-refractivity contribution < 1.29 is 4.79 Å². The third-order valence-corrected chi connectivity index (χ3v) is 8.10. The molecule has 0 N–H and O–H groups in total. The molecule has 3 atom stereocenters. The number of Topliss-reactive ketones (excluding diaryl/α,β-unsaturated/α-hetero) is 1. The van der Waals surface area contributed by atoms with Crippen LogP contribution in [0.3, 0.4) is 0 Å². The Labute approximate surface area is 204 Å². The van der Waals surface area contributed by atoms with Crippen molar-refractivity contribution in [2.45, 2.75) is 5.54 Å². The minimum atomic E-state index is -0.676. The van der Waals surface area contributed by atoms with Crippen LogP contribution in [0.1, 0.15) is 21.6 Å². The molecule has 3 aliphatic rings. The first-order chi connectivity index (χ1) is 17.2. The second-order valence-corrected chi connectivity index (χ2v) is 9.82. The number of para-hydroxylation sites is 2. The number of nitrogens with zero attached hydrogens (tertiary/aromatic N) is 3. The molecule has 0 amide bonds. The highest BCUT2D eigenvalue weighted by molar-refractivity contribution is 6.01. The monoisotopic (exact) mass is 455 g/mol. The van der Waals surface area contributed by atoms with Crippen LogP contribution in [0.15, 0.2) is 103 Å². The van der Waals surface area contributed by atoms with Gasteiger partial charge < -0.3 is 0 Å². The highest BCUT2D eigenvalue weighted by Crippen LogP contribution is 2.60. The molecule has 35 heavy (non-hydrogen) atoms. The molecule has 2 aliphatic carbocycles. The summed E-state index contributed by atoms with van der Waals surface area (Å²) in [5.41, 5.74) is 5.84. The molecule has 1 spiro atoms. The summed E-state index contributed by atoms with van der Waals surface area (Å²) in [6.07, 6.45) is 8.67. The van der Waals surface area contributed by atoms with Gasteiger partial charge in [0, 0.05) is 23.6 Å². The van der Waals surface area contributed by atoms with E-state index in [2.05, 4.69) is 60.5 Å². The van der Waals surface area contributed by atoms with E-state index < -0.39 is 5.54 Å². The van der Waals surface area contributed by atoms with Gasteiger partial charge in [-0.2, -0.15) is 0 Å². The molecule has 7 rings (SSSR count). The average Bonchev–Trinajstić information content (AvgIpc) is 3.61. The van der Waals surface area contributed by atoms with Gasteiger partial charge >= 0.3 is 0 Å². The number of allylic oxidation sites excluding steroid dienone is 4. The van der Waals surface area contributed by atoms with Crippen molar-refractivity contribution in [1.82, 2.24) is 14.9 Å². The topological polar surface area (TPSA) is 46.1 Å². The van der Waals surface area contributed by atoms with Crippen LogP contribution in [0.4, 0.5) is 0 Å². The van der Waals surface area contributed by atoms with Gasteiger partial charge in [0.1, 0.15) is 5.54 Å². The van der Waals surface area contributed by atoms with Crippen molar-refractivity contribution in [2.24, 2.45) is 17.8 Å². The zero-order chi connectivity index (χ0) is 23.6. The first-order valence-electron chi connectivity index (χ1n) is 12.2. The fourth-order valence-electron chi connectivity index (χ4n) is 6.66. The summed E-state index contributed by atoms with van der Waals surface area (Å²) in [6.45, 7) is 0.796. The molecule has 3 aromatic carbocycles. The summed E-state index contributed by atoms with van der Waals surface area (Å²) in [4.78, 5) is 27.2. The fourth-order valence-corrected chi connectivity index (χ4v) is 6.66. The molecule has 4 heteroatoms. The summed E-state index contributed by atoms with van der Waals surface area (Å²) in [5, 5.41) is 0. The number of hydrogen-bond acceptors (Lipinski definition) is 4. The van der Waals surface area contributed by atoms with Crippen molar-refractivity contribution in [3.05, 3.63) is 120 Å². The zero-order valence-electron chi connectivity index (χ0n) is 19.5. The van der Waals surface area contributed by atoms with E-state index in [-0.39, 0.29) is 23.5 Å². The van der Waals surface area contributed by atoms with Gasteiger partial charge in [-0.15, -0.1) is 0 Å². The van der Waals surface area contributed by atoms with Crippen LogP contribution in [0.25, 0.3) is 22.3 Å². The lowest BCUT2D eigenvalue weighted by molar-refractivity contribution is 0.0778. The predicted octanol–water partition coefficient (Wildman–Crippen LogP) is 5.66. The summed E-state index contributed by atoms with van der Waals surface area (Å²) >= 11 is 0. The van der Waals surface area contributed by atoms with Crippen LogP contribution in [-0.2, 0) is 5.54 Å². The van der Waals surface area contributed by atoms with Crippen LogP contribution < -0.4 is 0 Å². The van der Waals surface area contributed by atoms with E-state index in [0.29, 0.717) is 0 Å². The molecule has 170 valence electrons. The van der Waals surface area contributed by atoms with Gasteiger partial charge in [-0.3, -0.25) is 9.69 Å². The van der Waals surface area contributed by atoms with Crippen molar-refractivity contribution in [3.63, 3.8) is 0 Å². The van der Waals surface area contributed by atoms with Gasteiger partial charge in [-0.25, -0.2) is 9.97 Å². The molecular weight excluding hydrogens is 430 g/mol. The van der Waals surface area contributed by atoms with Gasteiger partial charge in [0.2, 0.25) is 0 Å². The Bertz CT molecular complexity index is 1530. The van der Waals surface area contributed by atoms with E-state index in [1.165, 1.54) is 0 Å². The van der Waals surface area contributed by atoms with Crippen molar-refractivity contribution in [1.29, 1.82) is 0 Å². The molecule has 2 heterocycles. The predicted molar refractivity (Wildman–Crippen MR) is 138 cm³/mol. The number of aromatic nitrogens is 2. The van der Waals surface area contributed by atoms with E-state index in [9.17, 15) is 4.79 Å². The van der Waals surface area contributed by atoms with Gasteiger partial charge in [-0.05, 0) is 30.7 Å². The Morgan fingerprint density at radius 2 is 1.51 bits per heavy atom. The average molecular weight is 456 g/mol. The molecule has 1 saturated heterocycles. The highest BCUT2D eigenvalue weighted by atomic mass is 16.1. The Kier molecular flexibility index (Phi) is 4.42. The van der Waals surface area contributed by atoms with Crippen LogP contribution in [-0.4, -0.2) is 34.2 Å². The number of likely N-dealkylation sites (tertiary alicyclic amines) is 1. The number of carbonyl (C=O) groups excluding carboxylic acids is 1. The summed E-state index contributed by atoms with van der Waals surface area (Å²) in [6, 6.07) is 26.2. The molecule has 1 aromatic heterocycles. The molecule has 4 nitrogen and oxygen atoms in total. The number of benzene rings is 3. The fraction of sp³-hybridized carbons (Fsp3) is 0.194. The van der Waals surface area contributed by atoms with Crippen LogP contribution in [0.5, 0.6) is 0 Å². The molecular formula is C31H25N3O. The number of carbonyl (C=O) groups is 1. The Morgan fingerprint density at radius 1 is 0.857 bits per heavy atom. The highest BCUT2D eigenvalue weighted by Gasteiger charge is 2.63. The van der Waals surface area contributed by atoms with Crippen LogP contribution >= 0.6 is 0 Å². The quantitative estimate of drug-likeness (QED) is 0.374. The number of fused-ring (bicyclic) bond motifs is 6. The Balaban J connectivity index is 1.54. The lowest BCUT2D eigenvalue weighted by Crippen LogP contribution is -2.47. The standard InChI is InChI=1S/C31H25N3O/c1-34-19-23(20-11-5-6-12-20)27(29(35)21-13-3-2-4-14-21)31(34)24-16-8-7-15-22(24)28-30(31)33-26-18-10-9-17-25(26)32-28/h2-18,20,23,27H,19H2,1H3/t23-,27+,31+/m1/s1. The number of hydrogen-bond donors (Lipinski definition) is 0. The van der Waals surface area contributed by atoms with E-state index in [1.54, 1.807) is 0 Å². The third kappa shape index (κ3) is 2.74. The molecule has 0 radical (unpaired) electrons. The second kappa shape index (κ2) is 7.56. The molecule has 4 aromatic rings. The number of ketones is 1. The maximum Gasteiger partial charge on any atom is 0.168 e. The SMILES string of the molecule is CN1C[C@H](C2C=CC=C2)[C@@H](C(=O)c2ccccc2)[C@]12c1ccccc1-c1nc3ccccc3nc12. The van der Waals surface area contributed by atoms with Crippen molar-refractivity contribution in [3.8, 4) is 11.3 Å². The summed E-state index contributed by atoms with van der Waals surface area (Å²) in [5.74, 6) is 0.200. The lowest BCUT2D eigenvalue weighted by atomic mass is 9.68. The normalized spacial score (nSPS) is 24.9. The minimum Gasteiger partial charge on any atom is -0.294 e. The summed E-state index contributed by atoms with van der Waals surface area (Å²) in [7, 11) is 2.15. The van der Waals surface area contributed by atoms with Gasteiger partial charge in [0.05, 0.1) is 28.3 Å². The lowest BCUT2D eigenvalue weighted by Gasteiger charge is -2.38. The molecule has 0 saturated carbocycles. The first kappa shape index (κ1) is 20.5. The molecule has 0 bridgehead atoms. The minimum absolute atomic E-state index is 0.120. The van der Waals surface area contributed by atoms with E-state index in [4.69, 9.17) is 9.97 Å². The van der Waals surface area contributed by atoms with Crippen molar-refractivity contribution in [2.75, 3.05) is 13.6 Å². The number of rotatable bonds is 3. The largest absolute Gasteiger partial charge is 0.294 e. The Hall–Kier alpha value is -3.89. The van der Waals surface area contributed by atoms with Crippen molar-refractivity contribution >= 4 is 16.8 Å². The van der Waals surface area contributed by atoms with E-state index in [1.807, 2.05) is 54.6 Å². The first-order valence-corrected chi connectivity index (χ1v) is 12.2. The van der Waals surface area contributed by atoms with Gasteiger partial charge in [0.15, 0.2) is 5.78 Å². The van der Waals surface area contributed by atoms with Gasteiger partial charge in [-0.1, -0.05) is 91.0 Å².